The molecule has 0 aliphatic rings. The monoisotopic (exact) mass is 374 g/mol. The van der Waals surface area contributed by atoms with Gasteiger partial charge >= 0.3 is 0 Å². The van der Waals surface area contributed by atoms with E-state index in [-0.39, 0.29) is 6.04 Å². The maximum Gasteiger partial charge on any atom is 0.0593 e. The Morgan fingerprint density at radius 1 is 1.18 bits per heavy atom. The lowest BCUT2D eigenvalue weighted by molar-refractivity contribution is 0.560. The summed E-state index contributed by atoms with van der Waals surface area (Å²) < 4.78 is 2.20. The minimum atomic E-state index is 0.160. The number of halogens is 2. The maximum atomic E-state index is 5.62. The number of hydrogen-bond donors (Lipinski definition) is 2. The number of hydrazine groups is 1. The van der Waals surface area contributed by atoms with E-state index >= 15 is 0 Å². The smallest absolute Gasteiger partial charge is 0.0593 e. The van der Waals surface area contributed by atoms with Gasteiger partial charge in [-0.05, 0) is 46.1 Å². The van der Waals surface area contributed by atoms with E-state index in [1.807, 2.05) is 12.1 Å². The third-order valence-corrected chi connectivity index (χ3v) is 4.82. The second kappa shape index (κ2) is 6.11. The van der Waals surface area contributed by atoms with Crippen LogP contribution in [0.25, 0.3) is 0 Å². The van der Waals surface area contributed by atoms with Crippen LogP contribution in [0, 0.1) is 0 Å². The predicted octanol–water partition coefficient (Wildman–Crippen LogP) is 4.02. The number of nitrogens with one attached hydrogen (secondary N) is 1. The average Bonchev–Trinajstić information content (AvgIpc) is 2.75. The Balaban J connectivity index is 2.12. The minimum absolute atomic E-state index is 0.160. The highest BCUT2D eigenvalue weighted by Gasteiger charge is 2.12. The molecule has 3 N–H and O–H groups in total. The first-order chi connectivity index (χ1) is 8.19. The number of rotatable bonds is 4. The van der Waals surface area contributed by atoms with E-state index in [4.69, 9.17) is 5.84 Å². The first-order valence-corrected chi connectivity index (χ1v) is 7.60. The average molecular weight is 376 g/mol. The molecule has 0 aliphatic heterocycles. The minimum Gasteiger partial charge on any atom is -0.271 e. The van der Waals surface area contributed by atoms with Gasteiger partial charge in [0.1, 0.15) is 0 Å². The van der Waals surface area contributed by atoms with E-state index in [1.54, 1.807) is 11.3 Å². The molecule has 0 fully saturated rings. The van der Waals surface area contributed by atoms with Crippen LogP contribution < -0.4 is 11.3 Å². The molecule has 1 atom stereocenters. The lowest BCUT2D eigenvalue weighted by Crippen LogP contribution is -2.28. The largest absolute Gasteiger partial charge is 0.271 e. The van der Waals surface area contributed by atoms with Crippen LogP contribution in [0.2, 0.25) is 0 Å². The summed E-state index contributed by atoms with van der Waals surface area (Å²) in [5.74, 6) is 5.62. The van der Waals surface area contributed by atoms with Gasteiger partial charge in [-0.3, -0.25) is 11.3 Å². The molecular formula is C12H12Br2N2S. The predicted molar refractivity (Wildman–Crippen MR) is 79.9 cm³/mol. The van der Waals surface area contributed by atoms with Crippen LogP contribution in [-0.2, 0) is 6.42 Å². The summed E-state index contributed by atoms with van der Waals surface area (Å²) in [5, 5.41) is 2.07. The van der Waals surface area contributed by atoms with Crippen molar-refractivity contribution in [3.8, 4) is 0 Å². The first-order valence-electron chi connectivity index (χ1n) is 5.13. The van der Waals surface area contributed by atoms with Gasteiger partial charge in [-0.15, -0.1) is 11.3 Å². The summed E-state index contributed by atoms with van der Waals surface area (Å²) >= 11 is 8.60. The van der Waals surface area contributed by atoms with Gasteiger partial charge in [0.05, 0.1) is 6.04 Å². The van der Waals surface area contributed by atoms with E-state index in [0.717, 1.165) is 15.4 Å². The van der Waals surface area contributed by atoms with Gasteiger partial charge in [0, 0.05) is 19.2 Å². The molecule has 0 spiro atoms. The highest BCUT2D eigenvalue weighted by atomic mass is 79.9. The van der Waals surface area contributed by atoms with Crippen LogP contribution in [0.3, 0.4) is 0 Å². The molecule has 0 saturated carbocycles. The Labute approximate surface area is 121 Å². The van der Waals surface area contributed by atoms with E-state index in [0.29, 0.717) is 0 Å². The van der Waals surface area contributed by atoms with Crippen molar-refractivity contribution in [1.29, 1.82) is 0 Å². The van der Waals surface area contributed by atoms with Crippen molar-refractivity contribution in [1.82, 2.24) is 5.43 Å². The van der Waals surface area contributed by atoms with E-state index in [1.165, 1.54) is 10.4 Å². The van der Waals surface area contributed by atoms with Crippen molar-refractivity contribution in [3.05, 3.63) is 55.1 Å². The van der Waals surface area contributed by atoms with Crippen LogP contribution in [0.4, 0.5) is 0 Å². The topological polar surface area (TPSA) is 38.0 Å². The number of benzene rings is 1. The van der Waals surface area contributed by atoms with Crippen molar-refractivity contribution >= 4 is 43.2 Å². The Hall–Kier alpha value is -0.200. The van der Waals surface area contributed by atoms with Crippen LogP contribution in [-0.4, -0.2) is 0 Å². The number of hydrogen-bond acceptors (Lipinski definition) is 3. The summed E-state index contributed by atoms with van der Waals surface area (Å²) in [6.07, 6.45) is 0.886. The lowest BCUT2D eigenvalue weighted by atomic mass is 10.1. The lowest BCUT2D eigenvalue weighted by Gasteiger charge is -2.14. The molecule has 0 radical (unpaired) electrons. The standard InChI is InChI=1S/C12H12Br2N2S/c13-9-3-1-8(2-4-9)5-11(16-15)12-6-10(14)7-17-12/h1-4,6-7,11,16H,5,15H2. The molecule has 0 aliphatic carbocycles. The molecule has 5 heteroatoms. The van der Waals surface area contributed by atoms with E-state index in [9.17, 15) is 0 Å². The quantitative estimate of drug-likeness (QED) is 0.625. The van der Waals surface area contributed by atoms with Gasteiger partial charge in [0.25, 0.3) is 0 Å². The summed E-state index contributed by atoms with van der Waals surface area (Å²) in [7, 11) is 0. The SMILES string of the molecule is NNC(Cc1ccc(Br)cc1)c1cc(Br)cs1. The molecule has 0 amide bonds. The fraction of sp³-hybridized carbons (Fsp3) is 0.167. The second-order valence-corrected chi connectivity index (χ2v) is 6.49. The van der Waals surface area contributed by atoms with Crippen molar-refractivity contribution < 1.29 is 0 Å². The second-order valence-electron chi connectivity index (χ2n) is 3.72. The fourth-order valence-electron chi connectivity index (χ4n) is 1.61. The molecule has 2 rings (SSSR count). The summed E-state index contributed by atoms with van der Waals surface area (Å²) in [6, 6.07) is 10.6. The third-order valence-electron chi connectivity index (χ3n) is 2.49. The van der Waals surface area contributed by atoms with Crippen LogP contribution in [0.5, 0.6) is 0 Å². The zero-order chi connectivity index (χ0) is 12.3. The van der Waals surface area contributed by atoms with Crippen molar-refractivity contribution in [2.75, 3.05) is 0 Å². The molecule has 90 valence electrons. The molecule has 1 unspecified atom stereocenters. The summed E-state index contributed by atoms with van der Waals surface area (Å²) in [4.78, 5) is 1.24. The zero-order valence-corrected chi connectivity index (χ0v) is 13.0. The molecule has 17 heavy (non-hydrogen) atoms. The summed E-state index contributed by atoms with van der Waals surface area (Å²) in [6.45, 7) is 0. The van der Waals surface area contributed by atoms with Gasteiger partial charge in [0.2, 0.25) is 0 Å². The molecule has 1 aromatic heterocycles. The molecule has 2 nitrogen and oxygen atoms in total. The zero-order valence-electron chi connectivity index (χ0n) is 8.99. The van der Waals surface area contributed by atoms with Crippen molar-refractivity contribution in [2.45, 2.75) is 12.5 Å². The van der Waals surface area contributed by atoms with Gasteiger partial charge < -0.3 is 0 Å². The van der Waals surface area contributed by atoms with Crippen LogP contribution in [0.15, 0.2) is 44.7 Å². The third kappa shape index (κ3) is 3.63. The van der Waals surface area contributed by atoms with Crippen molar-refractivity contribution in [3.63, 3.8) is 0 Å². The van der Waals surface area contributed by atoms with Gasteiger partial charge in [-0.1, -0.05) is 28.1 Å². The first kappa shape index (κ1) is 13.2. The van der Waals surface area contributed by atoms with Crippen LogP contribution >= 0.6 is 43.2 Å². The van der Waals surface area contributed by atoms with Crippen LogP contribution in [0.1, 0.15) is 16.5 Å². The molecule has 1 aromatic carbocycles. The highest BCUT2D eigenvalue weighted by Crippen LogP contribution is 2.27. The molecule has 2 aromatic rings. The molecule has 0 bridgehead atoms. The maximum absolute atomic E-state index is 5.62. The molecule has 1 heterocycles. The Kier molecular flexibility index (Phi) is 4.76. The molecule has 0 saturated heterocycles. The van der Waals surface area contributed by atoms with E-state index in [2.05, 4.69) is 60.9 Å². The highest BCUT2D eigenvalue weighted by molar-refractivity contribution is 9.10. The Bertz CT molecular complexity index is 482. The van der Waals surface area contributed by atoms with Gasteiger partial charge in [-0.25, -0.2) is 0 Å². The fourth-order valence-corrected chi connectivity index (χ4v) is 3.38. The normalized spacial score (nSPS) is 12.6. The van der Waals surface area contributed by atoms with Crippen molar-refractivity contribution in [2.24, 2.45) is 5.84 Å². The van der Waals surface area contributed by atoms with Gasteiger partial charge in [-0.2, -0.15) is 0 Å². The summed E-state index contributed by atoms with van der Waals surface area (Å²) in [5.41, 5.74) is 4.14. The Morgan fingerprint density at radius 2 is 1.88 bits per heavy atom. The molecular weight excluding hydrogens is 364 g/mol. The van der Waals surface area contributed by atoms with E-state index < -0.39 is 0 Å². The number of nitrogens with two attached hydrogens (primary N) is 1. The number of thiophene rings is 1. The van der Waals surface area contributed by atoms with Gasteiger partial charge in [0.15, 0.2) is 0 Å². The Morgan fingerprint density at radius 3 is 2.41 bits per heavy atom.